The largest absolute Gasteiger partial charge is 0.373 e. The van der Waals surface area contributed by atoms with Crippen LogP contribution in [0.3, 0.4) is 0 Å². The molecule has 5 nitrogen and oxygen atoms in total. The Hall–Kier alpha value is -1.28. The van der Waals surface area contributed by atoms with E-state index in [1.54, 1.807) is 0 Å². The maximum Gasteiger partial charge on any atom is 0.191 e. The van der Waals surface area contributed by atoms with Crippen molar-refractivity contribution in [3.05, 3.63) is 42.0 Å². The van der Waals surface area contributed by atoms with Crippen LogP contribution in [-0.4, -0.2) is 43.8 Å². The zero-order valence-electron chi connectivity index (χ0n) is 15.4. The fourth-order valence-electron chi connectivity index (χ4n) is 4.00. The molecule has 3 aliphatic rings. The minimum Gasteiger partial charge on any atom is -0.373 e. The van der Waals surface area contributed by atoms with E-state index in [4.69, 9.17) is 9.73 Å². The number of nitrogens with one attached hydrogen (secondary N) is 2. The Balaban J connectivity index is 0.00000196. The van der Waals surface area contributed by atoms with Gasteiger partial charge in [0.25, 0.3) is 0 Å². The van der Waals surface area contributed by atoms with Gasteiger partial charge in [-0.15, -0.1) is 24.0 Å². The standard InChI is InChI=1S/C20H28N4O.HI/c1-2-21-20(23-18-13-17-8-9-19(18)25-17)22-14-15-6-5-7-16(12-15)24-10-3-4-11-24;/h3-7,12,17-19H,2,8-11,13-14H2,1H3,(H2,21,22,23);1H. The van der Waals surface area contributed by atoms with E-state index in [1.165, 1.54) is 24.1 Å². The molecule has 6 heteroatoms. The quantitative estimate of drug-likeness (QED) is 0.302. The molecule has 2 saturated heterocycles. The van der Waals surface area contributed by atoms with Crippen LogP contribution in [0.4, 0.5) is 5.69 Å². The van der Waals surface area contributed by atoms with Crippen LogP contribution in [-0.2, 0) is 11.3 Å². The van der Waals surface area contributed by atoms with Crippen LogP contribution in [0.15, 0.2) is 41.4 Å². The molecule has 4 rings (SSSR count). The molecule has 3 unspecified atom stereocenters. The minimum atomic E-state index is 0. The fraction of sp³-hybridized carbons (Fsp3) is 0.550. The van der Waals surface area contributed by atoms with E-state index in [0.717, 1.165) is 32.0 Å². The van der Waals surface area contributed by atoms with Gasteiger partial charge in [0.1, 0.15) is 0 Å². The molecule has 2 fully saturated rings. The number of hydrogen-bond donors (Lipinski definition) is 2. The maximum absolute atomic E-state index is 5.94. The van der Waals surface area contributed by atoms with Gasteiger partial charge in [-0.3, -0.25) is 0 Å². The van der Waals surface area contributed by atoms with Crippen molar-refractivity contribution in [3.8, 4) is 0 Å². The SMILES string of the molecule is CCNC(=NCc1cccc(N2CC=CC2)c1)NC1CC2CCC1O2.I. The summed E-state index contributed by atoms with van der Waals surface area (Å²) in [6.07, 6.45) is 8.75. The second-order valence-electron chi connectivity index (χ2n) is 7.10. The summed E-state index contributed by atoms with van der Waals surface area (Å²) in [6, 6.07) is 9.11. The highest BCUT2D eigenvalue weighted by Gasteiger charge is 2.41. The third kappa shape index (κ3) is 4.52. The highest BCUT2D eigenvalue weighted by Crippen LogP contribution is 2.34. The van der Waals surface area contributed by atoms with Crippen molar-refractivity contribution in [1.82, 2.24) is 10.6 Å². The van der Waals surface area contributed by atoms with Crippen LogP contribution >= 0.6 is 24.0 Å². The lowest BCUT2D eigenvalue weighted by Gasteiger charge is -2.22. The summed E-state index contributed by atoms with van der Waals surface area (Å²) < 4.78 is 5.94. The van der Waals surface area contributed by atoms with Crippen LogP contribution in [0.5, 0.6) is 0 Å². The Labute approximate surface area is 173 Å². The summed E-state index contributed by atoms with van der Waals surface area (Å²) in [5, 5.41) is 6.95. The van der Waals surface area contributed by atoms with Gasteiger partial charge in [-0.05, 0) is 43.9 Å². The number of anilines is 1. The second kappa shape index (κ2) is 9.08. The highest BCUT2D eigenvalue weighted by molar-refractivity contribution is 14.0. The molecule has 2 N–H and O–H groups in total. The molecule has 3 heterocycles. The topological polar surface area (TPSA) is 48.9 Å². The summed E-state index contributed by atoms with van der Waals surface area (Å²) >= 11 is 0. The van der Waals surface area contributed by atoms with E-state index in [1.807, 2.05) is 0 Å². The molecular weight excluding hydrogens is 439 g/mol. The lowest BCUT2D eigenvalue weighted by molar-refractivity contribution is 0.0992. The number of hydrogen-bond acceptors (Lipinski definition) is 3. The molecule has 0 aliphatic carbocycles. The second-order valence-corrected chi connectivity index (χ2v) is 7.10. The van der Waals surface area contributed by atoms with Crippen LogP contribution in [0, 0.1) is 0 Å². The van der Waals surface area contributed by atoms with Crippen molar-refractivity contribution >= 4 is 35.6 Å². The first kappa shape index (κ1) is 19.5. The predicted octanol–water partition coefficient (Wildman–Crippen LogP) is 3.06. The van der Waals surface area contributed by atoms with Crippen molar-refractivity contribution in [2.45, 2.75) is 51.0 Å². The molecule has 0 radical (unpaired) electrons. The molecule has 3 aliphatic heterocycles. The van der Waals surface area contributed by atoms with Gasteiger partial charge in [0.2, 0.25) is 0 Å². The summed E-state index contributed by atoms with van der Waals surface area (Å²) in [5.74, 6) is 0.900. The Morgan fingerprint density at radius 3 is 2.81 bits per heavy atom. The van der Waals surface area contributed by atoms with Gasteiger partial charge < -0.3 is 20.3 Å². The van der Waals surface area contributed by atoms with Crippen molar-refractivity contribution in [3.63, 3.8) is 0 Å². The Kier molecular flexibility index (Phi) is 6.80. The van der Waals surface area contributed by atoms with Gasteiger partial charge in [-0.2, -0.15) is 0 Å². The van der Waals surface area contributed by atoms with Gasteiger partial charge in [0.15, 0.2) is 5.96 Å². The normalized spacial score (nSPS) is 26.9. The molecule has 0 amide bonds. The van der Waals surface area contributed by atoms with Crippen molar-refractivity contribution in [2.75, 3.05) is 24.5 Å². The van der Waals surface area contributed by atoms with Crippen molar-refractivity contribution < 1.29 is 4.74 Å². The summed E-state index contributed by atoms with van der Waals surface area (Å²) in [6.45, 7) is 5.66. The first-order chi connectivity index (χ1) is 12.3. The molecular formula is C20H29IN4O. The number of aliphatic imine (C=N–C) groups is 1. The smallest absolute Gasteiger partial charge is 0.191 e. The summed E-state index contributed by atoms with van der Waals surface area (Å²) in [7, 11) is 0. The minimum absolute atomic E-state index is 0. The van der Waals surface area contributed by atoms with E-state index in [2.05, 4.69) is 58.9 Å². The molecule has 3 atom stereocenters. The number of halogens is 1. The van der Waals surface area contributed by atoms with Crippen molar-refractivity contribution in [1.29, 1.82) is 0 Å². The Morgan fingerprint density at radius 2 is 2.12 bits per heavy atom. The van der Waals surface area contributed by atoms with E-state index in [9.17, 15) is 0 Å². The lowest BCUT2D eigenvalue weighted by Crippen LogP contribution is -2.47. The summed E-state index contributed by atoms with van der Waals surface area (Å²) in [5.41, 5.74) is 2.52. The number of benzene rings is 1. The van der Waals surface area contributed by atoms with Crippen LogP contribution in [0.25, 0.3) is 0 Å². The highest BCUT2D eigenvalue weighted by atomic mass is 127. The van der Waals surface area contributed by atoms with Gasteiger partial charge in [0.05, 0.1) is 24.8 Å². The Bertz CT molecular complexity index is 655. The van der Waals surface area contributed by atoms with Gasteiger partial charge in [-0.1, -0.05) is 24.3 Å². The zero-order valence-corrected chi connectivity index (χ0v) is 17.7. The van der Waals surface area contributed by atoms with E-state index in [-0.39, 0.29) is 24.0 Å². The first-order valence-corrected chi connectivity index (χ1v) is 9.51. The molecule has 1 aromatic carbocycles. The number of nitrogens with zero attached hydrogens (tertiary/aromatic N) is 2. The average Bonchev–Trinajstić information content (AvgIpc) is 3.38. The van der Waals surface area contributed by atoms with E-state index < -0.39 is 0 Å². The third-order valence-electron chi connectivity index (χ3n) is 5.29. The van der Waals surface area contributed by atoms with Crippen LogP contribution < -0.4 is 15.5 Å². The van der Waals surface area contributed by atoms with Crippen LogP contribution in [0.2, 0.25) is 0 Å². The molecule has 142 valence electrons. The number of rotatable bonds is 5. The van der Waals surface area contributed by atoms with E-state index >= 15 is 0 Å². The molecule has 26 heavy (non-hydrogen) atoms. The predicted molar refractivity (Wildman–Crippen MR) is 117 cm³/mol. The zero-order chi connectivity index (χ0) is 17.1. The molecule has 0 saturated carbocycles. The summed E-state index contributed by atoms with van der Waals surface area (Å²) in [4.78, 5) is 7.17. The van der Waals surface area contributed by atoms with Gasteiger partial charge in [0, 0.05) is 25.3 Å². The molecule has 0 aromatic heterocycles. The molecule has 1 aromatic rings. The third-order valence-corrected chi connectivity index (χ3v) is 5.29. The van der Waals surface area contributed by atoms with Crippen molar-refractivity contribution in [2.24, 2.45) is 4.99 Å². The number of fused-ring (bicyclic) bond motifs is 2. The fourth-order valence-corrected chi connectivity index (χ4v) is 4.00. The lowest BCUT2D eigenvalue weighted by atomic mass is 9.96. The maximum atomic E-state index is 5.94. The van der Waals surface area contributed by atoms with Crippen LogP contribution in [0.1, 0.15) is 31.7 Å². The molecule has 2 bridgehead atoms. The number of ether oxygens (including phenoxy) is 1. The average molecular weight is 468 g/mol. The Morgan fingerprint density at radius 1 is 1.27 bits per heavy atom. The molecule has 0 spiro atoms. The van der Waals surface area contributed by atoms with Gasteiger partial charge in [-0.25, -0.2) is 4.99 Å². The monoisotopic (exact) mass is 468 g/mol. The number of guanidine groups is 1. The van der Waals surface area contributed by atoms with E-state index in [0.29, 0.717) is 24.8 Å². The first-order valence-electron chi connectivity index (χ1n) is 9.51. The van der Waals surface area contributed by atoms with Gasteiger partial charge >= 0.3 is 0 Å².